The van der Waals surface area contributed by atoms with Crippen molar-refractivity contribution in [3.8, 4) is 0 Å². The van der Waals surface area contributed by atoms with E-state index in [-0.39, 0.29) is 17.6 Å². The summed E-state index contributed by atoms with van der Waals surface area (Å²) >= 11 is 0. The Balaban J connectivity index is 1.25. The van der Waals surface area contributed by atoms with Crippen molar-refractivity contribution >= 4 is 22.8 Å². The van der Waals surface area contributed by atoms with Crippen LogP contribution in [-0.2, 0) is 11.3 Å². The van der Waals surface area contributed by atoms with E-state index in [9.17, 15) is 9.59 Å². The largest absolute Gasteiger partial charge is 0.465 e. The number of methoxy groups -OCH3 is 1. The maximum Gasteiger partial charge on any atom is 0.337 e. The minimum absolute atomic E-state index is 0.0383. The fraction of sp³-hybridized carbons (Fsp3) is 0.531. The van der Waals surface area contributed by atoms with Crippen molar-refractivity contribution in [3.63, 3.8) is 0 Å². The number of anilines is 1. The maximum atomic E-state index is 13.9. The quantitative estimate of drug-likeness (QED) is 0.391. The molecule has 2 aliphatic heterocycles. The average molecular weight is 529 g/mol. The number of nitrogens with one attached hydrogen (secondary N) is 1. The number of carbonyl (C=O) groups excluding carboxylic acids is 1. The molecule has 0 amide bonds. The number of para-hydroxylation sites is 2. The molecule has 3 atom stereocenters. The standard InChI is InChI=1S/C32H40N4O3/c1-39-32(38)23-15-13-22(14-16-23)21-33-30-31(37)36(29-12-8-7-11-28(29)34-30)27-19-25-17-18-26(20-27)35(25)24-9-5-3-2-4-6-10-24/h7-8,11-16,24-27H,2-6,9-10,17-21H2,1H3,(H,33,34)/t25-,26+,27?. The van der Waals surface area contributed by atoms with E-state index >= 15 is 0 Å². The van der Waals surface area contributed by atoms with E-state index in [1.165, 1.54) is 64.9 Å². The van der Waals surface area contributed by atoms with Gasteiger partial charge in [-0.25, -0.2) is 9.78 Å². The summed E-state index contributed by atoms with van der Waals surface area (Å²) in [6, 6.07) is 17.3. The molecule has 0 radical (unpaired) electrons. The number of carbonyl (C=O) groups is 1. The first-order valence-electron chi connectivity index (χ1n) is 14.8. The summed E-state index contributed by atoms with van der Waals surface area (Å²) in [7, 11) is 1.38. The van der Waals surface area contributed by atoms with Crippen molar-refractivity contribution in [2.75, 3.05) is 12.4 Å². The molecule has 1 N–H and O–H groups in total. The maximum absolute atomic E-state index is 13.9. The van der Waals surface area contributed by atoms with Gasteiger partial charge in [0.15, 0.2) is 5.82 Å². The Morgan fingerprint density at radius 1 is 0.872 bits per heavy atom. The van der Waals surface area contributed by atoms with Gasteiger partial charge in [-0.05, 0) is 68.4 Å². The van der Waals surface area contributed by atoms with Crippen LogP contribution >= 0.6 is 0 Å². The van der Waals surface area contributed by atoms with Gasteiger partial charge in [0.2, 0.25) is 0 Å². The highest BCUT2D eigenvalue weighted by atomic mass is 16.5. The van der Waals surface area contributed by atoms with Crippen molar-refractivity contribution in [2.24, 2.45) is 0 Å². The van der Waals surface area contributed by atoms with Crippen molar-refractivity contribution in [1.29, 1.82) is 0 Å². The summed E-state index contributed by atoms with van der Waals surface area (Å²) in [5.41, 5.74) is 3.21. The number of nitrogens with zero attached hydrogens (tertiary/aromatic N) is 3. The van der Waals surface area contributed by atoms with Crippen LogP contribution in [0.15, 0.2) is 53.3 Å². The predicted octanol–water partition coefficient (Wildman–Crippen LogP) is 6.08. The van der Waals surface area contributed by atoms with Crippen molar-refractivity contribution in [3.05, 3.63) is 70.0 Å². The summed E-state index contributed by atoms with van der Waals surface area (Å²) in [5.74, 6) is 0.0312. The average Bonchev–Trinajstić information content (AvgIpc) is 3.20. The van der Waals surface area contributed by atoms with Crippen LogP contribution in [0.25, 0.3) is 11.0 Å². The number of rotatable bonds is 6. The second-order valence-corrected chi connectivity index (χ2v) is 11.6. The van der Waals surface area contributed by atoms with E-state index in [1.807, 2.05) is 41.0 Å². The molecule has 6 rings (SSSR count). The Kier molecular flexibility index (Phi) is 7.69. The van der Waals surface area contributed by atoms with E-state index in [1.54, 1.807) is 12.1 Å². The van der Waals surface area contributed by atoms with Gasteiger partial charge in [-0.3, -0.25) is 9.69 Å². The van der Waals surface area contributed by atoms with Crippen LogP contribution in [0, 0.1) is 0 Å². The van der Waals surface area contributed by atoms with Crippen molar-refractivity contribution in [2.45, 2.75) is 101 Å². The lowest BCUT2D eigenvalue weighted by Crippen LogP contribution is -2.50. The third-order valence-corrected chi connectivity index (χ3v) is 9.26. The predicted molar refractivity (Wildman–Crippen MR) is 154 cm³/mol. The van der Waals surface area contributed by atoms with Crippen LogP contribution in [0.2, 0.25) is 0 Å². The smallest absolute Gasteiger partial charge is 0.337 e. The molecule has 2 saturated heterocycles. The van der Waals surface area contributed by atoms with Crippen LogP contribution in [0.5, 0.6) is 0 Å². The summed E-state index contributed by atoms with van der Waals surface area (Å²) in [6.07, 6.45) is 14.1. The van der Waals surface area contributed by atoms with E-state index in [4.69, 9.17) is 9.72 Å². The summed E-state index contributed by atoms with van der Waals surface area (Å²) in [5, 5.41) is 3.30. The lowest BCUT2D eigenvalue weighted by Gasteiger charge is -2.45. The molecule has 7 heteroatoms. The normalized spacial score (nSPS) is 24.3. The highest BCUT2D eigenvalue weighted by Gasteiger charge is 2.44. The number of hydrogen-bond donors (Lipinski definition) is 1. The number of aromatic nitrogens is 2. The first-order chi connectivity index (χ1) is 19.1. The fourth-order valence-electron chi connectivity index (χ4n) is 7.42. The summed E-state index contributed by atoms with van der Waals surface area (Å²) < 4.78 is 6.84. The Labute approximate surface area is 230 Å². The van der Waals surface area contributed by atoms with Gasteiger partial charge >= 0.3 is 5.97 Å². The first-order valence-corrected chi connectivity index (χ1v) is 14.8. The molecule has 3 fully saturated rings. The number of hydrogen-bond acceptors (Lipinski definition) is 6. The fourth-order valence-corrected chi connectivity index (χ4v) is 7.42. The summed E-state index contributed by atoms with van der Waals surface area (Å²) in [6.45, 7) is 0.452. The Morgan fingerprint density at radius 2 is 1.54 bits per heavy atom. The van der Waals surface area contributed by atoms with Gasteiger partial charge in [0.05, 0.1) is 23.7 Å². The van der Waals surface area contributed by atoms with E-state index in [0.29, 0.717) is 30.0 Å². The molecule has 3 heterocycles. The molecule has 39 heavy (non-hydrogen) atoms. The summed E-state index contributed by atoms with van der Waals surface area (Å²) in [4.78, 5) is 33.3. The Morgan fingerprint density at radius 3 is 2.23 bits per heavy atom. The number of fused-ring (bicyclic) bond motifs is 3. The Bertz CT molecular complexity index is 1350. The van der Waals surface area contributed by atoms with Gasteiger partial charge in [0.1, 0.15) is 0 Å². The Hall–Kier alpha value is -3.19. The highest BCUT2D eigenvalue weighted by Crippen LogP contribution is 2.44. The number of ether oxygens (including phenoxy) is 1. The van der Waals surface area contributed by atoms with Gasteiger partial charge in [-0.1, -0.05) is 56.4 Å². The molecule has 206 valence electrons. The van der Waals surface area contributed by atoms with Crippen LogP contribution in [0.3, 0.4) is 0 Å². The van der Waals surface area contributed by atoms with Crippen LogP contribution < -0.4 is 10.9 Å². The third kappa shape index (κ3) is 5.33. The number of esters is 1. The molecule has 0 spiro atoms. The lowest BCUT2D eigenvalue weighted by atomic mass is 9.89. The van der Waals surface area contributed by atoms with Crippen LogP contribution in [0.1, 0.15) is 92.6 Å². The minimum Gasteiger partial charge on any atom is -0.465 e. The molecular weight excluding hydrogens is 488 g/mol. The van der Waals surface area contributed by atoms with Crippen LogP contribution in [0.4, 0.5) is 5.82 Å². The number of benzene rings is 2. The molecule has 2 bridgehead atoms. The van der Waals surface area contributed by atoms with Gasteiger partial charge in [0, 0.05) is 30.7 Å². The first kappa shape index (κ1) is 26.1. The molecule has 3 aromatic rings. The molecule has 3 aliphatic rings. The van der Waals surface area contributed by atoms with Crippen molar-refractivity contribution in [1.82, 2.24) is 14.5 Å². The SMILES string of the molecule is COC(=O)c1ccc(CNc2nc3ccccc3n(C3C[C@H]4CC[C@@H](C3)N4C3CCCCCCC3)c2=O)cc1. The lowest BCUT2D eigenvalue weighted by molar-refractivity contribution is 0.0498. The van der Waals surface area contributed by atoms with Gasteiger partial charge in [0.25, 0.3) is 5.56 Å². The zero-order valence-corrected chi connectivity index (χ0v) is 23.0. The molecule has 1 aromatic heterocycles. The van der Waals surface area contributed by atoms with Gasteiger partial charge < -0.3 is 14.6 Å². The van der Waals surface area contributed by atoms with E-state index < -0.39 is 0 Å². The molecular formula is C32H40N4O3. The highest BCUT2D eigenvalue weighted by molar-refractivity contribution is 5.89. The zero-order valence-electron chi connectivity index (χ0n) is 23.0. The minimum atomic E-state index is -0.358. The second kappa shape index (κ2) is 11.5. The van der Waals surface area contributed by atoms with Crippen LogP contribution in [-0.4, -0.2) is 45.7 Å². The number of piperidine rings is 1. The van der Waals surface area contributed by atoms with E-state index in [2.05, 4.69) is 10.2 Å². The van der Waals surface area contributed by atoms with Gasteiger partial charge in [-0.15, -0.1) is 0 Å². The molecule has 1 saturated carbocycles. The monoisotopic (exact) mass is 528 g/mol. The zero-order chi connectivity index (χ0) is 26.8. The van der Waals surface area contributed by atoms with Gasteiger partial charge in [-0.2, -0.15) is 0 Å². The molecule has 1 unspecified atom stereocenters. The topological polar surface area (TPSA) is 76.5 Å². The molecule has 7 nitrogen and oxygen atoms in total. The molecule has 2 aromatic carbocycles. The third-order valence-electron chi connectivity index (χ3n) is 9.26. The van der Waals surface area contributed by atoms with E-state index in [0.717, 1.165) is 35.5 Å². The van der Waals surface area contributed by atoms with Crippen molar-refractivity contribution < 1.29 is 9.53 Å². The second-order valence-electron chi connectivity index (χ2n) is 11.6. The molecule has 1 aliphatic carbocycles.